The molecule has 2 N–H and O–H groups in total. The molecule has 1 amide bonds. The van der Waals surface area contributed by atoms with Crippen LogP contribution < -0.4 is 5.32 Å². The molecule has 3 rings (SSSR count). The first-order valence-electron chi connectivity index (χ1n) is 8.79. The third-order valence-corrected chi connectivity index (χ3v) is 5.00. The molecule has 0 aliphatic carbocycles. The lowest BCUT2D eigenvalue weighted by molar-refractivity contribution is -0.116. The van der Waals surface area contributed by atoms with Gasteiger partial charge in [0.15, 0.2) is 5.69 Å². The number of carboxylic acids is 1. The third-order valence-electron chi connectivity index (χ3n) is 4.41. The topological polar surface area (TPSA) is 102 Å². The molecular formula is C19H19Cl2N5O3. The van der Waals surface area contributed by atoms with Gasteiger partial charge in [0.1, 0.15) is 0 Å². The number of aromatic nitrogens is 4. The van der Waals surface area contributed by atoms with Crippen LogP contribution in [0.15, 0.2) is 30.5 Å². The highest BCUT2D eigenvalue weighted by atomic mass is 35.5. The van der Waals surface area contributed by atoms with Gasteiger partial charge in [-0.25, -0.2) is 4.79 Å². The van der Waals surface area contributed by atoms with Crippen molar-refractivity contribution in [2.75, 3.05) is 5.32 Å². The molecule has 1 aromatic carbocycles. The van der Waals surface area contributed by atoms with Gasteiger partial charge in [-0.3, -0.25) is 14.2 Å². The van der Waals surface area contributed by atoms with Crippen molar-refractivity contribution in [2.45, 2.75) is 33.4 Å². The zero-order valence-electron chi connectivity index (χ0n) is 15.8. The van der Waals surface area contributed by atoms with Crippen molar-refractivity contribution in [3.63, 3.8) is 0 Å². The molecule has 0 spiro atoms. The van der Waals surface area contributed by atoms with Crippen LogP contribution in [0.3, 0.4) is 0 Å². The number of hydrogen-bond donors (Lipinski definition) is 2. The van der Waals surface area contributed by atoms with Gasteiger partial charge in [-0.15, -0.1) is 0 Å². The van der Waals surface area contributed by atoms with Crippen molar-refractivity contribution < 1.29 is 14.7 Å². The molecule has 0 aliphatic rings. The van der Waals surface area contributed by atoms with Crippen molar-refractivity contribution in [2.24, 2.45) is 0 Å². The minimum Gasteiger partial charge on any atom is -0.476 e. The fraction of sp³-hybridized carbons (Fsp3) is 0.263. The van der Waals surface area contributed by atoms with Crippen LogP contribution >= 0.6 is 23.2 Å². The van der Waals surface area contributed by atoms with E-state index in [1.807, 2.05) is 19.9 Å². The number of anilines is 1. The first kappa shape index (κ1) is 20.9. The SMILES string of the molecule is Cc1nn(Cc2ccc(Cl)cc2Cl)c(C)c1NC(=O)CCn1ccc(C(=O)O)n1. The largest absolute Gasteiger partial charge is 0.476 e. The maximum Gasteiger partial charge on any atom is 0.356 e. The van der Waals surface area contributed by atoms with E-state index in [1.54, 1.807) is 16.8 Å². The Kier molecular flexibility index (Phi) is 6.24. The van der Waals surface area contributed by atoms with Crippen LogP contribution in [0.25, 0.3) is 0 Å². The number of carbonyl (C=O) groups excluding carboxylic acids is 1. The molecule has 3 aromatic rings. The quantitative estimate of drug-likeness (QED) is 0.587. The van der Waals surface area contributed by atoms with E-state index in [2.05, 4.69) is 15.5 Å². The zero-order chi connectivity index (χ0) is 21.1. The second kappa shape index (κ2) is 8.67. The molecule has 0 atom stereocenters. The molecule has 0 unspecified atom stereocenters. The molecule has 0 saturated carbocycles. The van der Waals surface area contributed by atoms with Crippen molar-refractivity contribution in [3.8, 4) is 0 Å². The van der Waals surface area contributed by atoms with Crippen LogP contribution in [0.5, 0.6) is 0 Å². The predicted octanol–water partition coefficient (Wildman–Crippen LogP) is 3.78. The standard InChI is InChI=1S/C19H19Cl2N5O3/c1-11-18(22-17(27)6-8-25-7-5-16(24-25)19(28)29)12(2)26(23-11)10-13-3-4-14(20)9-15(13)21/h3-5,7,9H,6,8,10H2,1-2H3,(H,22,27)(H,28,29). The normalized spacial score (nSPS) is 10.9. The van der Waals surface area contributed by atoms with E-state index >= 15 is 0 Å². The minimum atomic E-state index is -1.10. The number of aryl methyl sites for hydroxylation is 2. The van der Waals surface area contributed by atoms with Crippen LogP contribution in [0.1, 0.15) is 33.9 Å². The molecule has 2 aromatic heterocycles. The molecule has 0 saturated heterocycles. The highest BCUT2D eigenvalue weighted by Crippen LogP contribution is 2.25. The van der Waals surface area contributed by atoms with Crippen molar-refractivity contribution in [3.05, 3.63) is 63.2 Å². The van der Waals surface area contributed by atoms with E-state index in [1.165, 1.54) is 16.9 Å². The average Bonchev–Trinajstić information content (AvgIpc) is 3.23. The molecular weight excluding hydrogens is 417 g/mol. The van der Waals surface area contributed by atoms with Gasteiger partial charge in [0.05, 0.1) is 23.6 Å². The second-order valence-electron chi connectivity index (χ2n) is 6.51. The highest BCUT2D eigenvalue weighted by molar-refractivity contribution is 6.35. The number of carboxylic acid groups (broad SMARTS) is 1. The Bertz CT molecular complexity index is 1070. The number of rotatable bonds is 7. The first-order valence-corrected chi connectivity index (χ1v) is 9.54. The van der Waals surface area contributed by atoms with Crippen molar-refractivity contribution in [1.82, 2.24) is 19.6 Å². The number of aromatic carboxylic acids is 1. The number of halogens is 2. The molecule has 0 radical (unpaired) electrons. The lowest BCUT2D eigenvalue weighted by atomic mass is 10.2. The van der Waals surface area contributed by atoms with Crippen LogP contribution in [0.2, 0.25) is 10.0 Å². The summed E-state index contributed by atoms with van der Waals surface area (Å²) < 4.78 is 3.20. The first-order chi connectivity index (χ1) is 13.7. The highest BCUT2D eigenvalue weighted by Gasteiger charge is 2.16. The Morgan fingerprint density at radius 2 is 1.93 bits per heavy atom. The summed E-state index contributed by atoms with van der Waals surface area (Å²) in [6.07, 6.45) is 1.68. The Morgan fingerprint density at radius 3 is 2.59 bits per heavy atom. The number of hydrogen-bond acceptors (Lipinski definition) is 4. The number of amides is 1. The second-order valence-corrected chi connectivity index (χ2v) is 7.35. The smallest absolute Gasteiger partial charge is 0.356 e. The van der Waals surface area contributed by atoms with Gasteiger partial charge in [0, 0.05) is 29.2 Å². The Hall–Kier alpha value is -2.84. The summed E-state index contributed by atoms with van der Waals surface area (Å²) in [4.78, 5) is 23.2. The third kappa shape index (κ3) is 4.96. The fourth-order valence-corrected chi connectivity index (χ4v) is 3.33. The van der Waals surface area contributed by atoms with Crippen molar-refractivity contribution in [1.29, 1.82) is 0 Å². The summed E-state index contributed by atoms with van der Waals surface area (Å²) >= 11 is 12.2. The van der Waals surface area contributed by atoms with Gasteiger partial charge >= 0.3 is 5.97 Å². The maximum atomic E-state index is 12.3. The molecule has 10 heteroatoms. The molecule has 0 fully saturated rings. The molecule has 152 valence electrons. The van der Waals surface area contributed by atoms with Crippen molar-refractivity contribution >= 4 is 40.8 Å². The van der Waals surface area contributed by atoms with E-state index in [0.717, 1.165) is 11.3 Å². The summed E-state index contributed by atoms with van der Waals surface area (Å²) in [5.41, 5.74) is 2.95. The molecule has 29 heavy (non-hydrogen) atoms. The Labute approximate surface area is 177 Å². The van der Waals surface area contributed by atoms with E-state index in [0.29, 0.717) is 28.0 Å². The van der Waals surface area contributed by atoms with Gasteiger partial charge in [-0.05, 0) is 37.6 Å². The lowest BCUT2D eigenvalue weighted by Gasteiger charge is -2.09. The summed E-state index contributed by atoms with van der Waals surface area (Å²) in [6.45, 7) is 4.40. The van der Waals surface area contributed by atoms with E-state index in [-0.39, 0.29) is 24.6 Å². The van der Waals surface area contributed by atoms with E-state index in [4.69, 9.17) is 28.3 Å². The molecule has 0 bridgehead atoms. The average molecular weight is 436 g/mol. The Balaban J connectivity index is 1.66. The monoisotopic (exact) mass is 435 g/mol. The van der Waals surface area contributed by atoms with Crippen LogP contribution in [0.4, 0.5) is 5.69 Å². The lowest BCUT2D eigenvalue weighted by Crippen LogP contribution is -2.16. The summed E-state index contributed by atoms with van der Waals surface area (Å²) in [5, 5.41) is 21.3. The summed E-state index contributed by atoms with van der Waals surface area (Å²) in [7, 11) is 0. The number of carbonyl (C=O) groups is 2. The van der Waals surface area contributed by atoms with Gasteiger partial charge in [-0.2, -0.15) is 10.2 Å². The molecule has 8 nitrogen and oxygen atoms in total. The predicted molar refractivity (Wildman–Crippen MR) is 110 cm³/mol. The maximum absolute atomic E-state index is 12.3. The molecule has 0 aliphatic heterocycles. The summed E-state index contributed by atoms with van der Waals surface area (Å²) in [6, 6.07) is 6.68. The van der Waals surface area contributed by atoms with E-state index in [9.17, 15) is 9.59 Å². The number of nitrogens with zero attached hydrogens (tertiary/aromatic N) is 4. The summed E-state index contributed by atoms with van der Waals surface area (Å²) in [5.74, 6) is -1.32. The Morgan fingerprint density at radius 1 is 1.17 bits per heavy atom. The fourth-order valence-electron chi connectivity index (χ4n) is 2.86. The van der Waals surface area contributed by atoms with Crippen LogP contribution in [-0.4, -0.2) is 36.5 Å². The van der Waals surface area contributed by atoms with E-state index < -0.39 is 5.97 Å². The van der Waals surface area contributed by atoms with Gasteiger partial charge < -0.3 is 10.4 Å². The minimum absolute atomic E-state index is 0.0563. The number of benzene rings is 1. The van der Waals surface area contributed by atoms with Crippen LogP contribution in [0, 0.1) is 13.8 Å². The van der Waals surface area contributed by atoms with Gasteiger partial charge in [-0.1, -0.05) is 29.3 Å². The zero-order valence-corrected chi connectivity index (χ0v) is 17.3. The number of nitrogens with one attached hydrogen (secondary N) is 1. The molecule has 2 heterocycles. The van der Waals surface area contributed by atoms with Gasteiger partial charge in [0.25, 0.3) is 0 Å². The van der Waals surface area contributed by atoms with Gasteiger partial charge in [0.2, 0.25) is 5.91 Å². The van der Waals surface area contributed by atoms with Crippen LogP contribution in [-0.2, 0) is 17.9 Å².